The number of rotatable bonds is 1. The highest BCUT2D eigenvalue weighted by Gasteiger charge is 2.38. The van der Waals surface area contributed by atoms with Crippen LogP contribution in [0.5, 0.6) is 5.75 Å². The zero-order valence-electron chi connectivity index (χ0n) is 10.3. The van der Waals surface area contributed by atoms with E-state index in [0.717, 1.165) is 6.42 Å². The maximum Gasteiger partial charge on any atom is 0.415 e. The molecule has 2 heterocycles. The van der Waals surface area contributed by atoms with Gasteiger partial charge in [-0.3, -0.25) is 10.1 Å². The number of fused-ring (bicyclic) bond motifs is 1. The molecule has 0 aliphatic carbocycles. The molecule has 2 aliphatic heterocycles. The zero-order valence-corrected chi connectivity index (χ0v) is 10.3. The monoisotopic (exact) mass is 265 g/mol. The molecule has 0 aromatic heterocycles. The molecule has 1 atom stereocenters. The van der Waals surface area contributed by atoms with Crippen molar-refractivity contribution in [1.29, 1.82) is 0 Å². The number of imide groups is 1. The molecule has 2 amide bonds. The molecular formula is C13H12FNO4. The molecule has 1 saturated heterocycles. The summed E-state index contributed by atoms with van der Waals surface area (Å²) in [6, 6.07) is 1.61. The number of carbonyl (C=O) groups excluding carboxylic acids is 2. The number of alkyl carbamates (subject to hydrolysis) is 1. The van der Waals surface area contributed by atoms with Crippen LogP contribution in [0.4, 0.5) is 9.18 Å². The van der Waals surface area contributed by atoms with Crippen LogP contribution < -0.4 is 10.1 Å². The number of ether oxygens (including phenoxy) is 2. The van der Waals surface area contributed by atoms with Gasteiger partial charge in [0.1, 0.15) is 11.6 Å². The molecular weight excluding hydrogens is 253 g/mol. The van der Waals surface area contributed by atoms with E-state index < -0.39 is 23.9 Å². The number of benzene rings is 1. The standard InChI is InChI=1S/C13H12FNO4/c1-6-5-8-7(3-2-4-18-8)9(10(6)14)11-12(16)15-13(17)19-11/h5,11H,2-4H2,1H3,(H,15,16,17). The fourth-order valence-electron chi connectivity index (χ4n) is 2.46. The maximum absolute atomic E-state index is 14.3. The van der Waals surface area contributed by atoms with Crippen LogP contribution in [0.15, 0.2) is 6.07 Å². The topological polar surface area (TPSA) is 64.6 Å². The minimum Gasteiger partial charge on any atom is -0.493 e. The van der Waals surface area contributed by atoms with Crippen molar-refractivity contribution in [2.24, 2.45) is 0 Å². The van der Waals surface area contributed by atoms with Gasteiger partial charge in [0, 0.05) is 11.1 Å². The molecule has 1 fully saturated rings. The van der Waals surface area contributed by atoms with Gasteiger partial charge in [-0.05, 0) is 31.4 Å². The molecule has 5 nitrogen and oxygen atoms in total. The summed E-state index contributed by atoms with van der Waals surface area (Å²) >= 11 is 0. The van der Waals surface area contributed by atoms with Crippen LogP contribution >= 0.6 is 0 Å². The summed E-state index contributed by atoms with van der Waals surface area (Å²) in [4.78, 5) is 22.8. The van der Waals surface area contributed by atoms with Crippen molar-refractivity contribution in [2.45, 2.75) is 25.9 Å². The Labute approximate surface area is 108 Å². The Bertz CT molecular complexity index is 584. The van der Waals surface area contributed by atoms with E-state index in [2.05, 4.69) is 0 Å². The molecule has 0 radical (unpaired) electrons. The van der Waals surface area contributed by atoms with Crippen LogP contribution in [-0.4, -0.2) is 18.6 Å². The maximum atomic E-state index is 14.3. The molecule has 1 unspecified atom stereocenters. The normalized spacial score (nSPS) is 21.5. The van der Waals surface area contributed by atoms with Crippen molar-refractivity contribution in [3.63, 3.8) is 0 Å². The number of nitrogens with one attached hydrogen (secondary N) is 1. The lowest BCUT2D eigenvalue weighted by molar-refractivity contribution is -0.123. The number of halogens is 1. The smallest absolute Gasteiger partial charge is 0.415 e. The third-order valence-electron chi connectivity index (χ3n) is 3.33. The summed E-state index contributed by atoms with van der Waals surface area (Å²) in [6.07, 6.45) is -0.724. The van der Waals surface area contributed by atoms with Crippen molar-refractivity contribution in [3.8, 4) is 5.75 Å². The van der Waals surface area contributed by atoms with Crippen molar-refractivity contribution in [2.75, 3.05) is 6.61 Å². The summed E-state index contributed by atoms with van der Waals surface area (Å²) in [7, 11) is 0. The van der Waals surface area contributed by atoms with Crippen LogP contribution in [0.3, 0.4) is 0 Å². The number of hydrogen-bond donors (Lipinski definition) is 1. The van der Waals surface area contributed by atoms with Crippen LogP contribution in [0.25, 0.3) is 0 Å². The van der Waals surface area contributed by atoms with E-state index in [1.807, 2.05) is 5.32 Å². The summed E-state index contributed by atoms with van der Waals surface area (Å²) in [5, 5.41) is 2.01. The molecule has 0 bridgehead atoms. The average Bonchev–Trinajstić information content (AvgIpc) is 2.70. The Morgan fingerprint density at radius 2 is 2.21 bits per heavy atom. The van der Waals surface area contributed by atoms with Gasteiger partial charge in [-0.25, -0.2) is 9.18 Å². The molecule has 100 valence electrons. The van der Waals surface area contributed by atoms with Gasteiger partial charge >= 0.3 is 6.09 Å². The van der Waals surface area contributed by atoms with E-state index in [1.54, 1.807) is 13.0 Å². The third kappa shape index (κ3) is 1.83. The fraction of sp³-hybridized carbons (Fsp3) is 0.385. The predicted octanol–water partition coefficient (Wildman–Crippen LogP) is 1.77. The first-order valence-electron chi connectivity index (χ1n) is 6.04. The second-order valence-electron chi connectivity index (χ2n) is 4.62. The van der Waals surface area contributed by atoms with Crippen LogP contribution in [0, 0.1) is 12.7 Å². The first-order valence-corrected chi connectivity index (χ1v) is 6.04. The Morgan fingerprint density at radius 3 is 2.89 bits per heavy atom. The highest BCUT2D eigenvalue weighted by atomic mass is 19.1. The highest BCUT2D eigenvalue weighted by molar-refractivity contribution is 6.00. The second-order valence-corrected chi connectivity index (χ2v) is 4.62. The summed E-state index contributed by atoms with van der Waals surface area (Å²) in [6.45, 7) is 2.15. The third-order valence-corrected chi connectivity index (χ3v) is 3.33. The first-order chi connectivity index (χ1) is 9.08. The van der Waals surface area contributed by atoms with Gasteiger partial charge in [-0.2, -0.15) is 0 Å². The number of hydrogen-bond acceptors (Lipinski definition) is 4. The van der Waals surface area contributed by atoms with Crippen molar-refractivity contribution in [3.05, 3.63) is 28.6 Å². The van der Waals surface area contributed by atoms with E-state index >= 15 is 0 Å². The van der Waals surface area contributed by atoms with Gasteiger partial charge in [0.25, 0.3) is 5.91 Å². The van der Waals surface area contributed by atoms with E-state index in [0.29, 0.717) is 29.9 Å². The van der Waals surface area contributed by atoms with Crippen molar-refractivity contribution >= 4 is 12.0 Å². The zero-order chi connectivity index (χ0) is 13.6. The number of amides is 2. The van der Waals surface area contributed by atoms with Crippen molar-refractivity contribution in [1.82, 2.24) is 5.32 Å². The fourth-order valence-corrected chi connectivity index (χ4v) is 2.46. The van der Waals surface area contributed by atoms with Gasteiger partial charge in [0.05, 0.1) is 6.61 Å². The molecule has 2 aliphatic rings. The van der Waals surface area contributed by atoms with E-state index in [4.69, 9.17) is 9.47 Å². The SMILES string of the molecule is Cc1cc2c(c(C3OC(=O)NC3=O)c1F)CCCO2. The van der Waals surface area contributed by atoms with Gasteiger partial charge in [-0.1, -0.05) is 0 Å². The van der Waals surface area contributed by atoms with E-state index in [1.165, 1.54) is 0 Å². The second kappa shape index (κ2) is 4.22. The largest absolute Gasteiger partial charge is 0.493 e. The summed E-state index contributed by atoms with van der Waals surface area (Å²) in [5.41, 5.74) is 1.11. The molecule has 1 aromatic rings. The highest BCUT2D eigenvalue weighted by Crippen LogP contribution is 2.37. The molecule has 6 heteroatoms. The Kier molecular flexibility index (Phi) is 2.66. The summed E-state index contributed by atoms with van der Waals surface area (Å²) < 4.78 is 24.7. The number of carbonyl (C=O) groups is 2. The minimum atomic E-state index is -1.22. The van der Waals surface area contributed by atoms with Crippen LogP contribution in [0.2, 0.25) is 0 Å². The lowest BCUT2D eigenvalue weighted by Gasteiger charge is -2.23. The first kappa shape index (κ1) is 12.0. The number of aryl methyl sites for hydroxylation is 1. The van der Waals surface area contributed by atoms with Gasteiger partial charge in [0.15, 0.2) is 0 Å². The molecule has 1 N–H and O–H groups in total. The molecule has 19 heavy (non-hydrogen) atoms. The molecule has 0 spiro atoms. The van der Waals surface area contributed by atoms with Crippen LogP contribution in [-0.2, 0) is 16.0 Å². The average molecular weight is 265 g/mol. The Balaban J connectivity index is 2.16. The van der Waals surface area contributed by atoms with Gasteiger partial charge in [0.2, 0.25) is 6.10 Å². The Morgan fingerprint density at radius 1 is 1.42 bits per heavy atom. The number of cyclic esters (lactones) is 1. The lowest BCUT2D eigenvalue weighted by Crippen LogP contribution is -2.23. The van der Waals surface area contributed by atoms with Crippen LogP contribution in [0.1, 0.15) is 29.2 Å². The summed E-state index contributed by atoms with van der Waals surface area (Å²) in [5.74, 6) is -0.586. The minimum absolute atomic E-state index is 0.123. The molecule has 1 aromatic carbocycles. The Hall–Kier alpha value is -2.11. The lowest BCUT2D eigenvalue weighted by atomic mass is 9.93. The van der Waals surface area contributed by atoms with Crippen molar-refractivity contribution < 1.29 is 23.5 Å². The van der Waals surface area contributed by atoms with Gasteiger partial charge < -0.3 is 9.47 Å². The van der Waals surface area contributed by atoms with E-state index in [9.17, 15) is 14.0 Å². The quantitative estimate of drug-likeness (QED) is 0.840. The van der Waals surface area contributed by atoms with Gasteiger partial charge in [-0.15, -0.1) is 0 Å². The van der Waals surface area contributed by atoms with E-state index in [-0.39, 0.29) is 5.56 Å². The predicted molar refractivity (Wildman–Crippen MR) is 62.3 cm³/mol. The molecule has 0 saturated carbocycles. The molecule has 3 rings (SSSR count).